The lowest BCUT2D eigenvalue weighted by Crippen LogP contribution is -2.41. The minimum atomic E-state index is -2.02. The predicted molar refractivity (Wildman–Crippen MR) is 64.2 cm³/mol. The highest BCUT2D eigenvalue weighted by molar-refractivity contribution is 6.04. The number of carboxylic acids is 2. The molecule has 6 nitrogen and oxygen atoms in total. The molecule has 100 valence electrons. The van der Waals surface area contributed by atoms with E-state index in [2.05, 4.69) is 0 Å². The third-order valence-electron chi connectivity index (χ3n) is 3.30. The van der Waals surface area contributed by atoms with E-state index >= 15 is 0 Å². The third-order valence-corrected chi connectivity index (χ3v) is 3.30. The van der Waals surface area contributed by atoms with Gasteiger partial charge in [0.25, 0.3) is 0 Å². The molecular formula is C13H13NO5. The van der Waals surface area contributed by atoms with E-state index in [-0.39, 0.29) is 13.1 Å². The van der Waals surface area contributed by atoms with Crippen molar-refractivity contribution in [3.63, 3.8) is 0 Å². The summed E-state index contributed by atoms with van der Waals surface area (Å²) in [5, 5.41) is 18.2. The number of amides is 1. The van der Waals surface area contributed by atoms with Gasteiger partial charge in [-0.2, -0.15) is 0 Å². The number of aliphatic carboxylic acids is 2. The van der Waals surface area contributed by atoms with Crippen molar-refractivity contribution in [3.05, 3.63) is 35.9 Å². The summed E-state index contributed by atoms with van der Waals surface area (Å²) >= 11 is 0. The summed E-state index contributed by atoms with van der Waals surface area (Å²) < 4.78 is 0. The van der Waals surface area contributed by atoms with Crippen molar-refractivity contribution in [2.24, 2.45) is 5.41 Å². The largest absolute Gasteiger partial charge is 0.480 e. The first-order valence-electron chi connectivity index (χ1n) is 5.74. The van der Waals surface area contributed by atoms with E-state index in [1.807, 2.05) is 6.07 Å². The quantitative estimate of drug-likeness (QED) is 0.774. The van der Waals surface area contributed by atoms with Gasteiger partial charge in [-0.05, 0) is 5.56 Å². The Morgan fingerprint density at radius 2 is 1.74 bits per heavy atom. The average molecular weight is 263 g/mol. The first-order chi connectivity index (χ1) is 8.95. The lowest BCUT2D eigenvalue weighted by atomic mass is 9.87. The molecule has 1 aliphatic heterocycles. The van der Waals surface area contributed by atoms with Gasteiger partial charge in [-0.25, -0.2) is 0 Å². The van der Waals surface area contributed by atoms with Crippen LogP contribution in [-0.4, -0.2) is 39.5 Å². The SMILES string of the molecule is O=C1CC(C(=O)O)(C(=O)O)CN1Cc1ccccc1. The first-order valence-corrected chi connectivity index (χ1v) is 5.74. The van der Waals surface area contributed by atoms with Gasteiger partial charge in [-0.15, -0.1) is 0 Å². The topological polar surface area (TPSA) is 94.9 Å². The molecule has 1 heterocycles. The number of hydrogen-bond acceptors (Lipinski definition) is 3. The molecule has 0 spiro atoms. The maximum absolute atomic E-state index is 11.8. The molecule has 1 fully saturated rings. The van der Waals surface area contributed by atoms with Gasteiger partial charge in [0.2, 0.25) is 5.91 Å². The van der Waals surface area contributed by atoms with E-state index in [0.717, 1.165) is 5.56 Å². The molecule has 1 aliphatic rings. The Bertz CT molecular complexity index is 511. The summed E-state index contributed by atoms with van der Waals surface area (Å²) in [6.07, 6.45) is -0.496. The molecule has 6 heteroatoms. The number of likely N-dealkylation sites (tertiary alicyclic amines) is 1. The van der Waals surface area contributed by atoms with E-state index in [4.69, 9.17) is 10.2 Å². The van der Waals surface area contributed by atoms with Crippen LogP contribution in [0.15, 0.2) is 30.3 Å². The molecule has 1 amide bonds. The van der Waals surface area contributed by atoms with Crippen LogP contribution in [0, 0.1) is 5.41 Å². The van der Waals surface area contributed by atoms with E-state index in [1.165, 1.54) is 4.90 Å². The number of rotatable bonds is 4. The summed E-state index contributed by atoms with van der Waals surface area (Å²) in [5.41, 5.74) is -1.19. The molecular weight excluding hydrogens is 250 g/mol. The average Bonchev–Trinajstić information content (AvgIpc) is 2.69. The second-order valence-electron chi connectivity index (χ2n) is 4.60. The van der Waals surface area contributed by atoms with Crippen LogP contribution in [0.3, 0.4) is 0 Å². The number of hydrogen-bond donors (Lipinski definition) is 2. The number of benzene rings is 1. The normalized spacial score (nSPS) is 17.5. The van der Waals surface area contributed by atoms with Crippen molar-refractivity contribution in [2.45, 2.75) is 13.0 Å². The van der Waals surface area contributed by atoms with Crippen molar-refractivity contribution in [2.75, 3.05) is 6.54 Å². The lowest BCUT2D eigenvalue weighted by Gasteiger charge is -2.20. The molecule has 19 heavy (non-hydrogen) atoms. The highest BCUT2D eigenvalue weighted by atomic mass is 16.4. The smallest absolute Gasteiger partial charge is 0.323 e. The molecule has 1 saturated heterocycles. The highest BCUT2D eigenvalue weighted by Gasteiger charge is 2.55. The van der Waals surface area contributed by atoms with Crippen molar-refractivity contribution < 1.29 is 24.6 Å². The second kappa shape index (κ2) is 4.72. The molecule has 0 atom stereocenters. The van der Waals surface area contributed by atoms with Crippen LogP contribution in [0.25, 0.3) is 0 Å². The molecule has 2 rings (SSSR count). The second-order valence-corrected chi connectivity index (χ2v) is 4.60. The van der Waals surface area contributed by atoms with Gasteiger partial charge in [0.15, 0.2) is 5.41 Å². The standard InChI is InChI=1S/C13H13NO5/c15-10-6-13(11(16)17,12(18)19)8-14(10)7-9-4-2-1-3-5-9/h1-5H,6-8H2,(H,16,17)(H,18,19). The molecule has 1 aromatic carbocycles. The fourth-order valence-corrected chi connectivity index (χ4v) is 2.17. The van der Waals surface area contributed by atoms with Gasteiger partial charge >= 0.3 is 11.9 Å². The third kappa shape index (κ3) is 2.29. The number of carbonyl (C=O) groups excluding carboxylic acids is 1. The summed E-state index contributed by atoms with van der Waals surface area (Å²) in [5.74, 6) is -3.39. The van der Waals surface area contributed by atoms with E-state index in [9.17, 15) is 14.4 Å². The van der Waals surface area contributed by atoms with Crippen molar-refractivity contribution in [1.82, 2.24) is 4.90 Å². The zero-order chi connectivity index (χ0) is 14.0. The Kier molecular flexibility index (Phi) is 3.25. The Hall–Kier alpha value is -2.37. The Balaban J connectivity index is 2.20. The first kappa shape index (κ1) is 13.1. The van der Waals surface area contributed by atoms with Crippen molar-refractivity contribution >= 4 is 17.8 Å². The van der Waals surface area contributed by atoms with Gasteiger partial charge in [0, 0.05) is 13.1 Å². The van der Waals surface area contributed by atoms with Crippen LogP contribution >= 0.6 is 0 Å². The molecule has 1 aromatic rings. The number of carboxylic acid groups (broad SMARTS) is 2. The minimum Gasteiger partial charge on any atom is -0.480 e. The molecule has 2 N–H and O–H groups in total. The fourth-order valence-electron chi connectivity index (χ4n) is 2.17. The van der Waals surface area contributed by atoms with Crippen LogP contribution in [0.2, 0.25) is 0 Å². The van der Waals surface area contributed by atoms with Gasteiger partial charge in [-0.1, -0.05) is 30.3 Å². The van der Waals surface area contributed by atoms with Crippen molar-refractivity contribution in [1.29, 1.82) is 0 Å². The van der Waals surface area contributed by atoms with E-state index in [0.29, 0.717) is 0 Å². The molecule has 0 saturated carbocycles. The predicted octanol–water partition coefficient (Wildman–Crippen LogP) is 0.574. The Morgan fingerprint density at radius 3 is 2.21 bits per heavy atom. The number of carbonyl (C=O) groups is 3. The summed E-state index contributed by atoms with van der Waals surface area (Å²) in [4.78, 5) is 35.4. The molecule has 0 aromatic heterocycles. The van der Waals surface area contributed by atoms with E-state index in [1.54, 1.807) is 24.3 Å². The summed E-state index contributed by atoms with van der Waals surface area (Å²) in [6, 6.07) is 9.03. The van der Waals surface area contributed by atoms with E-state index < -0.39 is 29.7 Å². The fraction of sp³-hybridized carbons (Fsp3) is 0.308. The molecule has 0 radical (unpaired) electrons. The zero-order valence-electron chi connectivity index (χ0n) is 10.1. The maximum Gasteiger partial charge on any atom is 0.323 e. The minimum absolute atomic E-state index is 0.224. The van der Waals surface area contributed by atoms with Crippen molar-refractivity contribution in [3.8, 4) is 0 Å². The maximum atomic E-state index is 11.8. The highest BCUT2D eigenvalue weighted by Crippen LogP contribution is 2.33. The van der Waals surface area contributed by atoms with Gasteiger partial charge in [-0.3, -0.25) is 14.4 Å². The molecule has 0 aliphatic carbocycles. The Morgan fingerprint density at radius 1 is 1.16 bits per heavy atom. The van der Waals surface area contributed by atoms with Crippen LogP contribution < -0.4 is 0 Å². The monoisotopic (exact) mass is 263 g/mol. The number of nitrogens with zero attached hydrogens (tertiary/aromatic N) is 1. The Labute approximate surface area is 109 Å². The lowest BCUT2D eigenvalue weighted by molar-refractivity contribution is -0.164. The van der Waals surface area contributed by atoms with Crippen LogP contribution in [-0.2, 0) is 20.9 Å². The van der Waals surface area contributed by atoms with Gasteiger partial charge < -0.3 is 15.1 Å². The summed E-state index contributed by atoms with van der Waals surface area (Å²) in [7, 11) is 0. The summed E-state index contributed by atoms with van der Waals surface area (Å²) in [6.45, 7) is -0.0760. The van der Waals surface area contributed by atoms with Gasteiger partial charge in [0.05, 0.1) is 6.42 Å². The van der Waals surface area contributed by atoms with Crippen LogP contribution in [0.5, 0.6) is 0 Å². The van der Waals surface area contributed by atoms with Gasteiger partial charge in [0.1, 0.15) is 0 Å². The van der Waals surface area contributed by atoms with Crippen LogP contribution in [0.1, 0.15) is 12.0 Å². The zero-order valence-corrected chi connectivity index (χ0v) is 10.1. The molecule has 0 bridgehead atoms. The molecule has 0 unspecified atom stereocenters. The van der Waals surface area contributed by atoms with Crippen LogP contribution in [0.4, 0.5) is 0 Å².